The van der Waals surface area contributed by atoms with Crippen molar-refractivity contribution in [3.05, 3.63) is 69.1 Å². The molecule has 0 radical (unpaired) electrons. The van der Waals surface area contributed by atoms with Crippen molar-refractivity contribution >= 4 is 21.9 Å². The summed E-state index contributed by atoms with van der Waals surface area (Å²) in [6.45, 7) is 3.96. The third kappa shape index (κ3) is 3.85. The van der Waals surface area contributed by atoms with Crippen LogP contribution in [0.1, 0.15) is 24.3 Å². The first-order chi connectivity index (χ1) is 17.1. The van der Waals surface area contributed by atoms with Crippen LogP contribution in [0.2, 0.25) is 0 Å². The summed E-state index contributed by atoms with van der Waals surface area (Å²) in [4.78, 5) is 39.5. The summed E-state index contributed by atoms with van der Waals surface area (Å²) in [6, 6.07) is 9.39. The predicted octanol–water partition coefficient (Wildman–Crippen LogP) is 2.53. The van der Waals surface area contributed by atoms with Crippen LogP contribution in [0.3, 0.4) is 0 Å². The number of rotatable bonds is 6. The molecule has 1 fully saturated rings. The minimum atomic E-state index is -0.390. The first-order valence-electron chi connectivity index (χ1n) is 12.0. The van der Waals surface area contributed by atoms with Crippen molar-refractivity contribution in [3.63, 3.8) is 0 Å². The number of likely N-dealkylation sites (tertiary alicyclic amines) is 1. The molecule has 6 rings (SSSR count). The standard InChI is InChI=1S/C26H27N5O4/c1-34-22-5-4-6-23-24(22)18-14-30(13-16(18)15-35-23)9-2-3-10-31-25(32)17-11-20-21(28-8-7-27-20)12-19(17)29-26(31)33/h4-8,11-12,16,18H,2-3,9-10,13-15H2,1H3,(H,29,33)/t16-,18+/m0/s1. The summed E-state index contributed by atoms with van der Waals surface area (Å²) in [5.74, 6) is 2.68. The van der Waals surface area contributed by atoms with Gasteiger partial charge in [0, 0.05) is 49.4 Å². The highest BCUT2D eigenvalue weighted by atomic mass is 16.5. The number of hydrogen-bond acceptors (Lipinski definition) is 7. The van der Waals surface area contributed by atoms with Gasteiger partial charge in [-0.05, 0) is 43.7 Å². The average Bonchev–Trinajstić information content (AvgIpc) is 3.30. The lowest BCUT2D eigenvalue weighted by Gasteiger charge is -2.29. The lowest BCUT2D eigenvalue weighted by Crippen LogP contribution is -2.35. The fourth-order valence-corrected chi connectivity index (χ4v) is 5.55. The van der Waals surface area contributed by atoms with Crippen LogP contribution in [-0.4, -0.2) is 57.8 Å². The van der Waals surface area contributed by atoms with Gasteiger partial charge in [-0.2, -0.15) is 0 Å². The van der Waals surface area contributed by atoms with Crippen LogP contribution < -0.4 is 20.7 Å². The van der Waals surface area contributed by atoms with Crippen molar-refractivity contribution in [1.29, 1.82) is 0 Å². The normalized spacial score (nSPS) is 19.5. The zero-order valence-corrected chi connectivity index (χ0v) is 19.6. The van der Waals surface area contributed by atoms with Gasteiger partial charge in [0.2, 0.25) is 0 Å². The van der Waals surface area contributed by atoms with E-state index in [1.165, 1.54) is 10.1 Å². The van der Waals surface area contributed by atoms with Crippen LogP contribution in [0, 0.1) is 5.92 Å². The largest absolute Gasteiger partial charge is 0.496 e. The first kappa shape index (κ1) is 21.8. The van der Waals surface area contributed by atoms with Gasteiger partial charge in [0.25, 0.3) is 5.56 Å². The monoisotopic (exact) mass is 473 g/mol. The van der Waals surface area contributed by atoms with Gasteiger partial charge in [-0.15, -0.1) is 0 Å². The molecule has 1 saturated heterocycles. The highest BCUT2D eigenvalue weighted by Gasteiger charge is 2.40. The van der Waals surface area contributed by atoms with Gasteiger partial charge in [-0.1, -0.05) is 6.07 Å². The van der Waals surface area contributed by atoms with E-state index in [0.717, 1.165) is 50.6 Å². The molecule has 0 aliphatic carbocycles. The topological polar surface area (TPSA) is 102 Å². The molecule has 0 unspecified atom stereocenters. The molecule has 9 nitrogen and oxygen atoms in total. The second-order valence-corrected chi connectivity index (χ2v) is 9.35. The van der Waals surface area contributed by atoms with E-state index in [1.807, 2.05) is 18.2 Å². The average molecular weight is 474 g/mol. The van der Waals surface area contributed by atoms with Gasteiger partial charge in [0.1, 0.15) is 11.5 Å². The van der Waals surface area contributed by atoms with Crippen LogP contribution >= 0.6 is 0 Å². The molecule has 2 atom stereocenters. The SMILES string of the molecule is COc1cccc2c1[C@@H]1CN(CCCCn3c(=O)[nH]c4cc5nccnc5cc4c3=O)C[C@H]1CO2. The molecule has 0 spiro atoms. The van der Waals surface area contributed by atoms with Crippen LogP contribution in [0.4, 0.5) is 0 Å². The molecule has 2 aromatic carbocycles. The number of hydrogen-bond donors (Lipinski definition) is 1. The predicted molar refractivity (Wildman–Crippen MR) is 132 cm³/mol. The van der Waals surface area contributed by atoms with E-state index in [9.17, 15) is 9.59 Å². The summed E-state index contributed by atoms with van der Waals surface area (Å²) in [6.07, 6.45) is 4.81. The number of aromatic nitrogens is 4. The smallest absolute Gasteiger partial charge is 0.328 e. The van der Waals surface area contributed by atoms with Crippen molar-refractivity contribution < 1.29 is 9.47 Å². The number of fused-ring (bicyclic) bond motifs is 5. The Balaban J connectivity index is 1.13. The molecule has 4 aromatic rings. The summed E-state index contributed by atoms with van der Waals surface area (Å²) >= 11 is 0. The van der Waals surface area contributed by atoms with E-state index < -0.39 is 5.69 Å². The summed E-state index contributed by atoms with van der Waals surface area (Å²) in [5, 5.41) is 0.453. The fourth-order valence-electron chi connectivity index (χ4n) is 5.55. The molecular weight excluding hydrogens is 446 g/mol. The number of methoxy groups -OCH3 is 1. The van der Waals surface area contributed by atoms with Crippen molar-refractivity contribution in [2.75, 3.05) is 33.4 Å². The summed E-state index contributed by atoms with van der Waals surface area (Å²) in [5.41, 5.74) is 2.27. The second kappa shape index (κ2) is 8.81. The number of benzene rings is 2. The Morgan fingerprint density at radius 3 is 2.71 bits per heavy atom. The maximum atomic E-state index is 13.0. The van der Waals surface area contributed by atoms with E-state index in [-0.39, 0.29) is 5.56 Å². The zero-order valence-electron chi connectivity index (χ0n) is 19.6. The quantitative estimate of drug-likeness (QED) is 0.339. The lowest BCUT2D eigenvalue weighted by molar-refractivity contribution is 0.209. The number of unbranched alkanes of at least 4 members (excludes halogenated alkanes) is 1. The molecule has 1 N–H and O–H groups in total. The van der Waals surface area contributed by atoms with Crippen molar-refractivity contribution in [3.8, 4) is 11.5 Å². The Morgan fingerprint density at radius 1 is 1.09 bits per heavy atom. The van der Waals surface area contributed by atoms with Crippen molar-refractivity contribution in [2.24, 2.45) is 5.92 Å². The van der Waals surface area contributed by atoms with Crippen LogP contribution in [0.25, 0.3) is 21.9 Å². The molecule has 2 aromatic heterocycles. The van der Waals surface area contributed by atoms with E-state index in [0.29, 0.717) is 40.3 Å². The van der Waals surface area contributed by atoms with Gasteiger partial charge in [0.05, 0.1) is 35.7 Å². The maximum absolute atomic E-state index is 13.0. The summed E-state index contributed by atoms with van der Waals surface area (Å²) in [7, 11) is 1.71. The number of aromatic amines is 1. The third-order valence-electron chi connectivity index (χ3n) is 7.26. The van der Waals surface area contributed by atoms with Gasteiger partial charge in [-0.3, -0.25) is 19.3 Å². The Labute approximate surface area is 201 Å². The fraction of sp³-hybridized carbons (Fsp3) is 0.385. The van der Waals surface area contributed by atoms with E-state index >= 15 is 0 Å². The molecule has 2 aliphatic rings. The molecule has 2 aliphatic heterocycles. The highest BCUT2D eigenvalue weighted by molar-refractivity contribution is 5.91. The Kier molecular flexibility index (Phi) is 5.49. The van der Waals surface area contributed by atoms with Gasteiger partial charge in [0.15, 0.2) is 0 Å². The molecule has 180 valence electrons. The van der Waals surface area contributed by atoms with Gasteiger partial charge in [-0.25, -0.2) is 4.79 Å². The second-order valence-electron chi connectivity index (χ2n) is 9.35. The van der Waals surface area contributed by atoms with Crippen LogP contribution in [-0.2, 0) is 6.54 Å². The lowest BCUT2D eigenvalue weighted by atomic mass is 9.86. The number of H-pyrrole nitrogens is 1. The Bertz CT molecular complexity index is 1510. The number of nitrogens with one attached hydrogen (secondary N) is 1. The molecule has 35 heavy (non-hydrogen) atoms. The van der Waals surface area contributed by atoms with Crippen molar-refractivity contribution in [1.82, 2.24) is 24.4 Å². The number of nitrogens with zero attached hydrogens (tertiary/aromatic N) is 4. The van der Waals surface area contributed by atoms with Gasteiger partial charge >= 0.3 is 5.69 Å². The Morgan fingerprint density at radius 2 is 1.89 bits per heavy atom. The summed E-state index contributed by atoms with van der Waals surface area (Å²) < 4.78 is 12.9. The van der Waals surface area contributed by atoms with Crippen molar-refractivity contribution in [2.45, 2.75) is 25.3 Å². The molecule has 9 heteroatoms. The van der Waals surface area contributed by atoms with E-state index in [4.69, 9.17) is 9.47 Å². The first-order valence-corrected chi connectivity index (χ1v) is 12.0. The minimum Gasteiger partial charge on any atom is -0.496 e. The number of ether oxygens (including phenoxy) is 2. The molecule has 0 bridgehead atoms. The van der Waals surface area contributed by atoms with Crippen LogP contribution in [0.5, 0.6) is 11.5 Å². The maximum Gasteiger partial charge on any atom is 0.328 e. The minimum absolute atomic E-state index is 0.288. The zero-order chi connectivity index (χ0) is 23.9. The Hall–Kier alpha value is -3.72. The highest BCUT2D eigenvalue weighted by Crippen LogP contribution is 2.46. The molecule has 0 amide bonds. The molecular formula is C26H27N5O4. The van der Waals surface area contributed by atoms with Crippen LogP contribution in [0.15, 0.2) is 52.3 Å². The third-order valence-corrected chi connectivity index (χ3v) is 7.26. The van der Waals surface area contributed by atoms with E-state index in [2.05, 4.69) is 19.9 Å². The molecule has 4 heterocycles. The molecule has 0 saturated carbocycles. The van der Waals surface area contributed by atoms with Gasteiger partial charge < -0.3 is 19.4 Å². The van der Waals surface area contributed by atoms with E-state index in [1.54, 1.807) is 31.6 Å².